The van der Waals surface area contributed by atoms with Crippen molar-refractivity contribution in [3.8, 4) is 5.75 Å². The number of alkyl carbamates (subject to hydrolysis) is 1. The summed E-state index contributed by atoms with van der Waals surface area (Å²) < 4.78 is 16.7. The van der Waals surface area contributed by atoms with Gasteiger partial charge in [0.25, 0.3) is 0 Å². The molecule has 0 saturated heterocycles. The number of hydrogen-bond acceptors (Lipinski definition) is 5. The highest BCUT2D eigenvalue weighted by Gasteiger charge is 2.26. The summed E-state index contributed by atoms with van der Waals surface area (Å²) in [6.07, 6.45) is 3.21. The fraction of sp³-hybridized carbons (Fsp3) is 0.600. The van der Waals surface area contributed by atoms with Gasteiger partial charge >= 0.3 is 6.09 Å². The zero-order valence-corrected chi connectivity index (χ0v) is 17.1. The molecule has 144 valence electrons. The molecule has 1 aliphatic rings. The van der Waals surface area contributed by atoms with Crippen molar-refractivity contribution in [3.63, 3.8) is 0 Å². The third-order valence-corrected chi connectivity index (χ3v) is 4.62. The van der Waals surface area contributed by atoms with E-state index in [1.54, 1.807) is 7.11 Å². The number of hydrogen-bond donors (Lipinski definition) is 1. The minimum atomic E-state index is -0.480. The Hall–Kier alpha value is -1.82. The van der Waals surface area contributed by atoms with Gasteiger partial charge in [0.15, 0.2) is 5.05 Å². The van der Waals surface area contributed by atoms with Gasteiger partial charge in [-0.25, -0.2) is 4.79 Å². The van der Waals surface area contributed by atoms with Crippen LogP contribution in [0.4, 0.5) is 4.79 Å². The SMILES string of the molecule is COC(=S)c1ccc(C)cc1O[C@H]1CC[C@H](NC(=O)OC(C)(C)C)CC1. The Morgan fingerprint density at radius 3 is 2.42 bits per heavy atom. The molecule has 0 atom stereocenters. The number of benzene rings is 1. The first-order valence-electron chi connectivity index (χ1n) is 9.03. The number of nitrogens with one attached hydrogen (secondary N) is 1. The maximum absolute atomic E-state index is 11.9. The molecule has 1 amide bonds. The summed E-state index contributed by atoms with van der Waals surface area (Å²) in [4.78, 5) is 11.9. The monoisotopic (exact) mass is 379 g/mol. The standard InChI is InChI=1S/C20H29NO4S/c1-13-6-11-16(18(26)23-5)17(12-13)24-15-9-7-14(8-10-15)21-19(22)25-20(2,3)4/h6,11-12,14-15H,7-10H2,1-5H3,(H,21,22)/t14-,15-. The molecule has 1 saturated carbocycles. The van der Waals surface area contributed by atoms with Gasteiger partial charge in [0, 0.05) is 6.04 Å². The lowest BCUT2D eigenvalue weighted by Crippen LogP contribution is -2.42. The molecule has 26 heavy (non-hydrogen) atoms. The molecule has 1 aliphatic carbocycles. The molecule has 0 heterocycles. The number of carbonyl (C=O) groups excluding carboxylic acids is 1. The van der Waals surface area contributed by atoms with E-state index in [0.717, 1.165) is 42.6 Å². The summed E-state index contributed by atoms with van der Waals surface area (Å²) in [5.41, 5.74) is 1.44. The van der Waals surface area contributed by atoms with Crippen LogP contribution in [0.5, 0.6) is 5.75 Å². The highest BCUT2D eigenvalue weighted by Crippen LogP contribution is 2.28. The molecule has 1 N–H and O–H groups in total. The summed E-state index contributed by atoms with van der Waals surface area (Å²) in [5, 5.41) is 3.38. The van der Waals surface area contributed by atoms with Crippen molar-refractivity contribution in [1.82, 2.24) is 5.32 Å². The van der Waals surface area contributed by atoms with Crippen LogP contribution in [0.15, 0.2) is 18.2 Å². The van der Waals surface area contributed by atoms with E-state index in [0.29, 0.717) is 5.05 Å². The molecule has 0 bridgehead atoms. The van der Waals surface area contributed by atoms with Crippen molar-refractivity contribution < 1.29 is 19.0 Å². The summed E-state index contributed by atoms with van der Waals surface area (Å²) in [6.45, 7) is 7.61. The Morgan fingerprint density at radius 1 is 1.19 bits per heavy atom. The molecule has 6 heteroatoms. The van der Waals surface area contributed by atoms with E-state index in [1.807, 2.05) is 45.9 Å². The molecule has 0 aromatic heterocycles. The van der Waals surface area contributed by atoms with Crippen LogP contribution >= 0.6 is 12.2 Å². The Balaban J connectivity index is 1.90. The first-order valence-corrected chi connectivity index (χ1v) is 9.44. The second-order valence-corrected chi connectivity index (χ2v) is 8.10. The van der Waals surface area contributed by atoms with Gasteiger partial charge in [-0.1, -0.05) is 6.07 Å². The van der Waals surface area contributed by atoms with Gasteiger partial charge in [-0.2, -0.15) is 0 Å². The van der Waals surface area contributed by atoms with Crippen molar-refractivity contribution in [3.05, 3.63) is 29.3 Å². The van der Waals surface area contributed by atoms with E-state index >= 15 is 0 Å². The molecule has 0 spiro atoms. The summed E-state index contributed by atoms with van der Waals surface area (Å²) in [6, 6.07) is 6.05. The summed E-state index contributed by atoms with van der Waals surface area (Å²) >= 11 is 5.27. The lowest BCUT2D eigenvalue weighted by Gasteiger charge is -2.30. The first kappa shape index (κ1) is 20.5. The molecule has 0 unspecified atom stereocenters. The van der Waals surface area contributed by atoms with E-state index in [2.05, 4.69) is 5.32 Å². The topological polar surface area (TPSA) is 56.8 Å². The highest BCUT2D eigenvalue weighted by molar-refractivity contribution is 7.80. The van der Waals surface area contributed by atoms with Gasteiger partial charge in [0.05, 0.1) is 18.8 Å². The van der Waals surface area contributed by atoms with Crippen LogP contribution in [0, 0.1) is 6.92 Å². The van der Waals surface area contributed by atoms with Crippen LogP contribution < -0.4 is 10.1 Å². The van der Waals surface area contributed by atoms with Crippen LogP contribution in [0.3, 0.4) is 0 Å². The minimum Gasteiger partial charge on any atom is -0.490 e. The van der Waals surface area contributed by atoms with E-state index in [4.69, 9.17) is 26.4 Å². The second kappa shape index (κ2) is 8.71. The number of ether oxygens (including phenoxy) is 3. The molecule has 1 aromatic rings. The average Bonchev–Trinajstić information content (AvgIpc) is 2.54. The van der Waals surface area contributed by atoms with E-state index < -0.39 is 5.60 Å². The Kier molecular flexibility index (Phi) is 6.87. The fourth-order valence-corrected chi connectivity index (χ4v) is 3.15. The number of thiocarbonyl (C=S) groups is 1. The molecule has 0 aliphatic heterocycles. The van der Waals surface area contributed by atoms with Crippen molar-refractivity contribution in [1.29, 1.82) is 0 Å². The highest BCUT2D eigenvalue weighted by atomic mass is 32.1. The van der Waals surface area contributed by atoms with Gasteiger partial charge in [0.1, 0.15) is 11.4 Å². The summed E-state index contributed by atoms with van der Waals surface area (Å²) in [7, 11) is 1.57. The van der Waals surface area contributed by atoms with E-state index in [1.165, 1.54) is 0 Å². The number of methoxy groups -OCH3 is 1. The van der Waals surface area contributed by atoms with Gasteiger partial charge in [-0.05, 0) is 83.3 Å². The number of amides is 1. The van der Waals surface area contributed by atoms with E-state index in [-0.39, 0.29) is 18.2 Å². The van der Waals surface area contributed by atoms with Crippen molar-refractivity contribution in [2.24, 2.45) is 0 Å². The predicted molar refractivity (Wildman–Crippen MR) is 106 cm³/mol. The van der Waals surface area contributed by atoms with Crippen molar-refractivity contribution >= 4 is 23.4 Å². The number of rotatable bonds is 4. The molecule has 2 rings (SSSR count). The molecule has 5 nitrogen and oxygen atoms in total. The lowest BCUT2D eigenvalue weighted by molar-refractivity contribution is 0.0470. The largest absolute Gasteiger partial charge is 0.490 e. The number of carbonyl (C=O) groups is 1. The maximum atomic E-state index is 11.9. The maximum Gasteiger partial charge on any atom is 0.407 e. The molecule has 1 fully saturated rings. The molecule has 1 aromatic carbocycles. The van der Waals surface area contributed by atoms with Crippen LogP contribution in [0.1, 0.15) is 57.6 Å². The van der Waals surface area contributed by atoms with E-state index in [9.17, 15) is 4.79 Å². The van der Waals surface area contributed by atoms with Crippen LogP contribution in [-0.2, 0) is 9.47 Å². The summed E-state index contributed by atoms with van der Waals surface area (Å²) in [5.74, 6) is 0.764. The zero-order valence-electron chi connectivity index (χ0n) is 16.3. The first-order chi connectivity index (χ1) is 12.2. The average molecular weight is 380 g/mol. The van der Waals surface area contributed by atoms with Crippen molar-refractivity contribution in [2.75, 3.05) is 7.11 Å². The molecule has 0 radical (unpaired) electrons. The smallest absolute Gasteiger partial charge is 0.407 e. The predicted octanol–water partition coefficient (Wildman–Crippen LogP) is 4.53. The normalized spacial score (nSPS) is 20.2. The van der Waals surface area contributed by atoms with Crippen molar-refractivity contribution in [2.45, 2.75) is 71.1 Å². The number of aryl methyl sites for hydroxylation is 1. The van der Waals surface area contributed by atoms with Gasteiger partial charge in [-0.3, -0.25) is 0 Å². The third-order valence-electron chi connectivity index (χ3n) is 4.23. The second-order valence-electron chi connectivity index (χ2n) is 7.73. The van der Waals surface area contributed by atoms with Gasteiger partial charge < -0.3 is 19.5 Å². The third kappa shape index (κ3) is 6.16. The van der Waals surface area contributed by atoms with Gasteiger partial charge in [-0.15, -0.1) is 0 Å². The van der Waals surface area contributed by atoms with Gasteiger partial charge in [0.2, 0.25) is 0 Å². The lowest BCUT2D eigenvalue weighted by atomic mass is 9.93. The Bertz CT molecular complexity index is 646. The Labute approximate surface area is 161 Å². The zero-order chi connectivity index (χ0) is 19.3. The quantitative estimate of drug-likeness (QED) is 0.779. The van der Waals surface area contributed by atoms with Crippen LogP contribution in [0.25, 0.3) is 0 Å². The Morgan fingerprint density at radius 2 is 1.85 bits per heavy atom. The van der Waals surface area contributed by atoms with Crippen LogP contribution in [0.2, 0.25) is 0 Å². The van der Waals surface area contributed by atoms with Crippen LogP contribution in [-0.4, -0.2) is 36.0 Å². The minimum absolute atomic E-state index is 0.104. The molecular formula is C20H29NO4S. The fourth-order valence-electron chi connectivity index (χ4n) is 2.98. The molecular weight excluding hydrogens is 350 g/mol.